The Morgan fingerprint density at radius 3 is 2.31 bits per heavy atom. The van der Waals surface area contributed by atoms with Crippen LogP contribution in [0.4, 0.5) is 5.69 Å². The second-order valence-electron chi connectivity index (χ2n) is 9.34. The van der Waals surface area contributed by atoms with Crippen molar-refractivity contribution in [3.63, 3.8) is 0 Å². The average molecular weight is 489 g/mol. The summed E-state index contributed by atoms with van der Waals surface area (Å²) in [7, 11) is 0. The number of amides is 3. The van der Waals surface area contributed by atoms with Crippen LogP contribution < -0.4 is 15.5 Å². The molecule has 1 aromatic carbocycles. The first kappa shape index (κ1) is 25.2. The maximum atomic E-state index is 13.7. The second-order valence-corrected chi connectivity index (χ2v) is 9.34. The monoisotopic (exact) mass is 488 g/mol. The number of nitrogens with zero attached hydrogens (tertiary/aromatic N) is 2. The largest absolute Gasteiger partial charge is 0.459 e. The van der Waals surface area contributed by atoms with E-state index < -0.39 is 17.9 Å². The lowest BCUT2D eigenvalue weighted by Crippen LogP contribution is -2.49. The minimum Gasteiger partial charge on any atom is -0.459 e. The van der Waals surface area contributed by atoms with Crippen LogP contribution in [0.5, 0.6) is 0 Å². The summed E-state index contributed by atoms with van der Waals surface area (Å²) in [5.41, 5.74) is 2.33. The molecule has 0 unspecified atom stereocenters. The summed E-state index contributed by atoms with van der Waals surface area (Å²) in [6.45, 7) is 3.89. The van der Waals surface area contributed by atoms with E-state index >= 15 is 0 Å². The van der Waals surface area contributed by atoms with Gasteiger partial charge in [0, 0.05) is 24.1 Å². The number of rotatable bonds is 9. The van der Waals surface area contributed by atoms with Crippen molar-refractivity contribution in [1.29, 1.82) is 0 Å². The first-order valence-electron chi connectivity index (χ1n) is 12.4. The molecule has 0 bridgehead atoms. The molecule has 188 valence electrons. The highest BCUT2D eigenvalue weighted by molar-refractivity contribution is 6.04. The normalized spacial score (nSPS) is 14.4. The Labute approximate surface area is 211 Å². The third-order valence-electron chi connectivity index (χ3n) is 6.48. The molecular formula is C28H32N4O4. The number of carbonyl (C=O) groups excluding carboxylic acids is 3. The number of furan rings is 1. The van der Waals surface area contributed by atoms with E-state index in [1.54, 1.807) is 30.6 Å². The number of nitrogens with one attached hydrogen (secondary N) is 2. The highest BCUT2D eigenvalue weighted by Gasteiger charge is 2.34. The van der Waals surface area contributed by atoms with E-state index in [1.807, 2.05) is 24.3 Å². The standard InChI is InChI=1S/C28H32N4O4/c1-19(2)20-9-11-23(12-10-20)32(25(33)18-30-27(34)24-8-5-17-36-24)26(21-13-15-29-16-14-21)28(35)31-22-6-3-4-7-22/h5,8-17,19,22,26H,3-4,6-7,18H2,1-2H3,(H,30,34)(H,31,35)/t26-/m0/s1. The van der Waals surface area contributed by atoms with E-state index in [1.165, 1.54) is 17.2 Å². The predicted octanol–water partition coefficient (Wildman–Crippen LogP) is 4.36. The molecule has 0 saturated heterocycles. The molecule has 1 atom stereocenters. The van der Waals surface area contributed by atoms with Crippen molar-refractivity contribution in [3.05, 3.63) is 84.1 Å². The summed E-state index contributed by atoms with van der Waals surface area (Å²) in [5.74, 6) is -0.751. The van der Waals surface area contributed by atoms with Crippen molar-refractivity contribution in [2.45, 2.75) is 57.5 Å². The Bertz CT molecular complexity index is 1150. The van der Waals surface area contributed by atoms with Gasteiger partial charge in [0.2, 0.25) is 11.8 Å². The minimum absolute atomic E-state index is 0.0840. The number of aromatic nitrogens is 1. The van der Waals surface area contributed by atoms with Gasteiger partial charge in [0.25, 0.3) is 5.91 Å². The van der Waals surface area contributed by atoms with E-state index in [2.05, 4.69) is 29.5 Å². The number of pyridine rings is 1. The number of carbonyl (C=O) groups is 3. The molecule has 36 heavy (non-hydrogen) atoms. The molecule has 0 spiro atoms. The van der Waals surface area contributed by atoms with Gasteiger partial charge in [-0.05, 0) is 66.3 Å². The molecule has 2 N–H and O–H groups in total. The van der Waals surface area contributed by atoms with Crippen molar-refractivity contribution < 1.29 is 18.8 Å². The number of benzene rings is 1. The third-order valence-corrected chi connectivity index (χ3v) is 6.48. The van der Waals surface area contributed by atoms with E-state index in [0.29, 0.717) is 17.2 Å². The zero-order chi connectivity index (χ0) is 25.5. The smallest absolute Gasteiger partial charge is 0.287 e. The van der Waals surface area contributed by atoms with Crippen LogP contribution in [-0.2, 0) is 9.59 Å². The molecule has 2 heterocycles. The molecule has 1 saturated carbocycles. The SMILES string of the molecule is CC(C)c1ccc(N(C(=O)CNC(=O)c2ccco2)[C@H](C(=O)NC2CCCC2)c2ccncc2)cc1. The van der Waals surface area contributed by atoms with Gasteiger partial charge < -0.3 is 15.1 Å². The van der Waals surface area contributed by atoms with Crippen LogP contribution in [0.3, 0.4) is 0 Å². The quantitative estimate of drug-likeness (QED) is 0.466. The highest BCUT2D eigenvalue weighted by atomic mass is 16.3. The van der Waals surface area contributed by atoms with Crippen molar-refractivity contribution in [3.8, 4) is 0 Å². The minimum atomic E-state index is -0.925. The Kier molecular flexibility index (Phi) is 8.15. The first-order valence-corrected chi connectivity index (χ1v) is 12.4. The lowest BCUT2D eigenvalue weighted by molar-refractivity contribution is -0.126. The van der Waals surface area contributed by atoms with Crippen LogP contribution in [0.1, 0.15) is 73.2 Å². The van der Waals surface area contributed by atoms with Gasteiger partial charge in [-0.2, -0.15) is 0 Å². The van der Waals surface area contributed by atoms with Crippen molar-refractivity contribution in [2.75, 3.05) is 11.4 Å². The predicted molar refractivity (Wildman–Crippen MR) is 136 cm³/mol. The molecule has 8 heteroatoms. The zero-order valence-corrected chi connectivity index (χ0v) is 20.6. The fraction of sp³-hybridized carbons (Fsp3) is 0.357. The molecule has 8 nitrogen and oxygen atoms in total. The second kappa shape index (κ2) is 11.7. The fourth-order valence-corrected chi connectivity index (χ4v) is 4.51. The molecule has 3 aromatic rings. The van der Waals surface area contributed by atoms with E-state index in [0.717, 1.165) is 31.2 Å². The van der Waals surface area contributed by atoms with E-state index in [-0.39, 0.29) is 24.3 Å². The summed E-state index contributed by atoms with van der Waals surface area (Å²) >= 11 is 0. The maximum absolute atomic E-state index is 13.7. The van der Waals surface area contributed by atoms with Crippen molar-refractivity contribution >= 4 is 23.4 Å². The van der Waals surface area contributed by atoms with Gasteiger partial charge in [0.15, 0.2) is 5.76 Å². The molecule has 0 aliphatic heterocycles. The van der Waals surface area contributed by atoms with Crippen LogP contribution >= 0.6 is 0 Å². The molecule has 4 rings (SSSR count). The van der Waals surface area contributed by atoms with Crippen LogP contribution in [0, 0.1) is 0 Å². The number of hydrogen-bond acceptors (Lipinski definition) is 5. The Hall–Kier alpha value is -3.94. The van der Waals surface area contributed by atoms with Crippen molar-refractivity contribution in [2.24, 2.45) is 0 Å². The molecule has 1 aliphatic rings. The first-order chi connectivity index (χ1) is 17.4. The topological polar surface area (TPSA) is 105 Å². The van der Waals surface area contributed by atoms with Gasteiger partial charge in [-0.15, -0.1) is 0 Å². The van der Waals surface area contributed by atoms with Crippen molar-refractivity contribution in [1.82, 2.24) is 15.6 Å². The van der Waals surface area contributed by atoms with Crippen LogP contribution in [-0.4, -0.2) is 35.3 Å². The lowest BCUT2D eigenvalue weighted by Gasteiger charge is -2.32. The zero-order valence-electron chi connectivity index (χ0n) is 20.6. The summed E-state index contributed by atoms with van der Waals surface area (Å²) in [6, 6.07) is 13.4. The molecule has 0 radical (unpaired) electrons. The maximum Gasteiger partial charge on any atom is 0.287 e. The van der Waals surface area contributed by atoms with Gasteiger partial charge in [-0.3, -0.25) is 24.3 Å². The molecule has 2 aromatic heterocycles. The summed E-state index contributed by atoms with van der Waals surface area (Å²) in [5, 5.41) is 5.76. The van der Waals surface area contributed by atoms with Gasteiger partial charge in [0.05, 0.1) is 12.8 Å². The summed E-state index contributed by atoms with van der Waals surface area (Å²) in [4.78, 5) is 45.3. The fourth-order valence-electron chi connectivity index (χ4n) is 4.51. The van der Waals surface area contributed by atoms with Gasteiger partial charge in [0.1, 0.15) is 6.04 Å². The summed E-state index contributed by atoms with van der Waals surface area (Å²) < 4.78 is 5.13. The van der Waals surface area contributed by atoms with Crippen LogP contribution in [0.25, 0.3) is 0 Å². The Balaban J connectivity index is 1.67. The summed E-state index contributed by atoms with van der Waals surface area (Å²) in [6.07, 6.45) is 8.59. The molecule has 1 fully saturated rings. The Morgan fingerprint density at radius 1 is 1.00 bits per heavy atom. The van der Waals surface area contributed by atoms with Crippen LogP contribution in [0.2, 0.25) is 0 Å². The molecule has 3 amide bonds. The van der Waals surface area contributed by atoms with Crippen LogP contribution in [0.15, 0.2) is 71.6 Å². The van der Waals surface area contributed by atoms with E-state index in [9.17, 15) is 14.4 Å². The molecular weight excluding hydrogens is 456 g/mol. The number of anilines is 1. The number of hydrogen-bond donors (Lipinski definition) is 2. The van der Waals surface area contributed by atoms with Gasteiger partial charge in [-0.1, -0.05) is 38.8 Å². The lowest BCUT2D eigenvalue weighted by atomic mass is 10.0. The third kappa shape index (κ3) is 6.00. The average Bonchev–Trinajstić information content (AvgIpc) is 3.61. The Morgan fingerprint density at radius 2 is 1.69 bits per heavy atom. The van der Waals surface area contributed by atoms with Gasteiger partial charge >= 0.3 is 0 Å². The molecule has 1 aliphatic carbocycles. The highest BCUT2D eigenvalue weighted by Crippen LogP contribution is 2.30. The van der Waals surface area contributed by atoms with Gasteiger partial charge in [-0.25, -0.2) is 0 Å². The van der Waals surface area contributed by atoms with E-state index in [4.69, 9.17) is 4.42 Å².